The van der Waals surface area contributed by atoms with Crippen LogP contribution in [0.5, 0.6) is 5.75 Å². The fourth-order valence-electron chi connectivity index (χ4n) is 2.86. The molecule has 1 saturated heterocycles. The Balaban J connectivity index is 1.84. The summed E-state index contributed by atoms with van der Waals surface area (Å²) in [6.07, 6.45) is 3.92. The summed E-state index contributed by atoms with van der Waals surface area (Å²) in [4.78, 5) is 17.8. The maximum absolute atomic E-state index is 12.1. The number of aromatic nitrogens is 1. The Morgan fingerprint density at radius 3 is 2.73 bits per heavy atom. The third kappa shape index (κ3) is 4.62. The average Bonchev–Trinajstić information content (AvgIpc) is 3.17. The minimum atomic E-state index is -0.372. The number of benzene rings is 1. The maximum Gasteiger partial charge on any atom is 0.338 e. The van der Waals surface area contributed by atoms with E-state index >= 15 is 0 Å². The molecule has 1 aromatic carbocycles. The number of carbonyl (C=O) groups is 1. The predicted molar refractivity (Wildman–Crippen MR) is 102 cm³/mol. The summed E-state index contributed by atoms with van der Waals surface area (Å²) in [6.45, 7) is 6.49. The highest BCUT2D eigenvalue weighted by Gasteiger charge is 2.17. The molecule has 2 aromatic rings. The van der Waals surface area contributed by atoms with Gasteiger partial charge in [0.05, 0.1) is 19.3 Å². The molecule has 0 atom stereocenters. The van der Waals surface area contributed by atoms with Gasteiger partial charge in [0, 0.05) is 29.9 Å². The average molecular weight is 375 g/mol. The van der Waals surface area contributed by atoms with Crippen LogP contribution in [0.3, 0.4) is 0 Å². The molecule has 1 fully saturated rings. The van der Waals surface area contributed by atoms with Crippen molar-refractivity contribution >= 4 is 17.3 Å². The van der Waals surface area contributed by atoms with E-state index in [4.69, 9.17) is 14.2 Å². The first-order valence-corrected chi connectivity index (χ1v) is 9.78. The number of rotatable bonds is 6. The standard InChI is InChI=1S/C20H25NO4S/c1-13(2)18-11-21-19(26-18)15-8-16(20(22)23-3)10-17(9-15)25-12-14-4-6-24-7-5-14/h8-11,13-14H,4-7,12H2,1-3H3. The van der Waals surface area contributed by atoms with E-state index in [2.05, 4.69) is 18.8 Å². The van der Waals surface area contributed by atoms with E-state index in [0.717, 1.165) is 36.6 Å². The second kappa shape index (κ2) is 8.64. The van der Waals surface area contributed by atoms with Crippen molar-refractivity contribution in [3.05, 3.63) is 34.8 Å². The number of hydrogen-bond acceptors (Lipinski definition) is 6. The largest absolute Gasteiger partial charge is 0.493 e. The van der Waals surface area contributed by atoms with Gasteiger partial charge in [0.25, 0.3) is 0 Å². The Hall–Kier alpha value is -1.92. The van der Waals surface area contributed by atoms with Gasteiger partial charge >= 0.3 is 5.97 Å². The smallest absolute Gasteiger partial charge is 0.338 e. The summed E-state index contributed by atoms with van der Waals surface area (Å²) in [5.41, 5.74) is 1.36. The van der Waals surface area contributed by atoms with Crippen molar-refractivity contribution in [2.75, 3.05) is 26.9 Å². The SMILES string of the molecule is COC(=O)c1cc(OCC2CCOCC2)cc(-c2ncc(C(C)C)s2)c1. The molecular formula is C20H25NO4S. The van der Waals surface area contributed by atoms with Gasteiger partial charge < -0.3 is 14.2 Å². The molecule has 0 saturated carbocycles. The van der Waals surface area contributed by atoms with Gasteiger partial charge in [0.2, 0.25) is 0 Å². The number of nitrogens with zero attached hydrogens (tertiary/aromatic N) is 1. The van der Waals surface area contributed by atoms with E-state index in [0.29, 0.717) is 29.8 Å². The highest BCUT2D eigenvalue weighted by atomic mass is 32.1. The van der Waals surface area contributed by atoms with E-state index in [9.17, 15) is 4.79 Å². The van der Waals surface area contributed by atoms with E-state index in [1.807, 2.05) is 18.3 Å². The molecule has 5 nitrogen and oxygen atoms in total. The van der Waals surface area contributed by atoms with Crippen LogP contribution in [0.2, 0.25) is 0 Å². The van der Waals surface area contributed by atoms with Crippen LogP contribution in [0.1, 0.15) is 47.8 Å². The van der Waals surface area contributed by atoms with Gasteiger partial charge in [-0.2, -0.15) is 0 Å². The van der Waals surface area contributed by atoms with Gasteiger partial charge in [-0.25, -0.2) is 9.78 Å². The quantitative estimate of drug-likeness (QED) is 0.695. The third-order valence-corrected chi connectivity index (χ3v) is 5.84. The lowest BCUT2D eigenvalue weighted by Crippen LogP contribution is -2.21. The van der Waals surface area contributed by atoms with Crippen LogP contribution in [0.4, 0.5) is 0 Å². The van der Waals surface area contributed by atoms with Crippen LogP contribution in [-0.4, -0.2) is 37.9 Å². The summed E-state index contributed by atoms with van der Waals surface area (Å²) in [5.74, 6) is 1.22. The molecule has 0 N–H and O–H groups in total. The summed E-state index contributed by atoms with van der Waals surface area (Å²) >= 11 is 1.64. The number of ether oxygens (including phenoxy) is 3. The first kappa shape index (κ1) is 18.9. The van der Waals surface area contributed by atoms with Crippen LogP contribution in [-0.2, 0) is 9.47 Å². The Morgan fingerprint density at radius 2 is 2.08 bits per heavy atom. The molecule has 0 radical (unpaired) electrons. The Kier molecular flexibility index (Phi) is 6.27. The number of esters is 1. The Morgan fingerprint density at radius 1 is 1.31 bits per heavy atom. The fourth-order valence-corrected chi connectivity index (χ4v) is 3.76. The Labute approximate surface area is 158 Å². The number of carbonyl (C=O) groups excluding carboxylic acids is 1. The minimum Gasteiger partial charge on any atom is -0.493 e. The molecule has 1 aromatic heterocycles. The van der Waals surface area contributed by atoms with Gasteiger partial charge in [-0.15, -0.1) is 11.3 Å². The van der Waals surface area contributed by atoms with Gasteiger partial charge in [-0.1, -0.05) is 13.8 Å². The Bertz CT molecular complexity index is 750. The van der Waals surface area contributed by atoms with Gasteiger partial charge in [-0.05, 0) is 42.9 Å². The molecule has 0 aliphatic carbocycles. The molecule has 0 amide bonds. The van der Waals surface area contributed by atoms with Crippen molar-refractivity contribution in [3.63, 3.8) is 0 Å². The molecule has 0 spiro atoms. The second-order valence-electron chi connectivity index (χ2n) is 6.83. The monoisotopic (exact) mass is 375 g/mol. The molecule has 0 bridgehead atoms. The van der Waals surface area contributed by atoms with E-state index in [1.165, 1.54) is 12.0 Å². The zero-order valence-corrected chi connectivity index (χ0v) is 16.3. The van der Waals surface area contributed by atoms with Crippen LogP contribution in [0.25, 0.3) is 10.6 Å². The fraction of sp³-hybridized carbons (Fsp3) is 0.500. The molecule has 0 unspecified atom stereocenters. The van der Waals surface area contributed by atoms with Crippen LogP contribution >= 0.6 is 11.3 Å². The van der Waals surface area contributed by atoms with Crippen molar-refractivity contribution < 1.29 is 19.0 Å². The van der Waals surface area contributed by atoms with E-state index in [1.54, 1.807) is 17.4 Å². The molecule has 1 aliphatic heterocycles. The van der Waals surface area contributed by atoms with Crippen LogP contribution in [0, 0.1) is 5.92 Å². The number of hydrogen-bond donors (Lipinski definition) is 0. The lowest BCUT2D eigenvalue weighted by molar-refractivity contribution is 0.0497. The molecule has 1 aliphatic rings. The molecule has 2 heterocycles. The predicted octanol–water partition coefficient (Wildman–Crippen LogP) is 4.53. The van der Waals surface area contributed by atoms with Crippen molar-refractivity contribution in [2.45, 2.75) is 32.6 Å². The lowest BCUT2D eigenvalue weighted by Gasteiger charge is -2.22. The van der Waals surface area contributed by atoms with Gasteiger partial charge in [0.15, 0.2) is 0 Å². The topological polar surface area (TPSA) is 57.7 Å². The second-order valence-corrected chi connectivity index (χ2v) is 7.89. The molecule has 140 valence electrons. The summed E-state index contributed by atoms with van der Waals surface area (Å²) in [5, 5.41) is 0.885. The van der Waals surface area contributed by atoms with Crippen molar-refractivity contribution in [2.24, 2.45) is 5.92 Å². The van der Waals surface area contributed by atoms with Crippen molar-refractivity contribution in [3.8, 4) is 16.3 Å². The number of methoxy groups -OCH3 is 1. The lowest BCUT2D eigenvalue weighted by atomic mass is 10.0. The first-order valence-electron chi connectivity index (χ1n) is 8.97. The molecular weight excluding hydrogens is 350 g/mol. The molecule has 26 heavy (non-hydrogen) atoms. The van der Waals surface area contributed by atoms with Crippen LogP contribution in [0.15, 0.2) is 24.4 Å². The third-order valence-electron chi connectivity index (χ3n) is 4.49. The van der Waals surface area contributed by atoms with Gasteiger partial charge in [-0.3, -0.25) is 0 Å². The maximum atomic E-state index is 12.1. The minimum absolute atomic E-state index is 0.372. The normalized spacial score (nSPS) is 15.2. The van der Waals surface area contributed by atoms with E-state index < -0.39 is 0 Å². The highest BCUT2D eigenvalue weighted by molar-refractivity contribution is 7.15. The van der Waals surface area contributed by atoms with Crippen molar-refractivity contribution in [1.29, 1.82) is 0 Å². The zero-order valence-electron chi connectivity index (χ0n) is 15.5. The van der Waals surface area contributed by atoms with Gasteiger partial charge in [0.1, 0.15) is 10.8 Å². The molecule has 6 heteroatoms. The highest BCUT2D eigenvalue weighted by Crippen LogP contribution is 2.32. The van der Waals surface area contributed by atoms with Crippen molar-refractivity contribution in [1.82, 2.24) is 4.98 Å². The summed E-state index contributed by atoms with van der Waals surface area (Å²) in [7, 11) is 1.39. The van der Waals surface area contributed by atoms with Crippen LogP contribution < -0.4 is 4.74 Å². The number of thiazole rings is 1. The molecule has 3 rings (SSSR count). The zero-order chi connectivity index (χ0) is 18.5. The van der Waals surface area contributed by atoms with E-state index in [-0.39, 0.29) is 5.97 Å². The summed E-state index contributed by atoms with van der Waals surface area (Å²) < 4.78 is 16.3. The summed E-state index contributed by atoms with van der Waals surface area (Å²) in [6, 6.07) is 5.51. The first-order chi connectivity index (χ1) is 12.6.